The molecule has 3 rings (SSSR count). The van der Waals surface area contributed by atoms with Gasteiger partial charge in [0.2, 0.25) is 0 Å². The zero-order chi connectivity index (χ0) is 13.8. The van der Waals surface area contributed by atoms with Crippen molar-refractivity contribution in [2.24, 2.45) is 0 Å². The third kappa shape index (κ3) is 2.51. The molecule has 20 heavy (non-hydrogen) atoms. The highest BCUT2D eigenvalue weighted by Gasteiger charge is 2.08. The Bertz CT molecular complexity index is 690. The molecule has 0 saturated heterocycles. The summed E-state index contributed by atoms with van der Waals surface area (Å²) in [7, 11) is 0. The van der Waals surface area contributed by atoms with Crippen LogP contribution in [0.15, 0.2) is 55.4 Å². The molecule has 0 bridgehead atoms. The van der Waals surface area contributed by atoms with E-state index in [0.717, 1.165) is 24.2 Å². The molecule has 5 nitrogen and oxygen atoms in total. The maximum absolute atomic E-state index is 5.93. The molecule has 0 radical (unpaired) electrons. The van der Waals surface area contributed by atoms with E-state index in [2.05, 4.69) is 19.5 Å². The topological polar surface area (TPSA) is 69.6 Å². The second kappa shape index (κ2) is 5.52. The molecule has 5 heteroatoms. The van der Waals surface area contributed by atoms with Crippen LogP contribution in [0.1, 0.15) is 5.56 Å². The van der Waals surface area contributed by atoms with E-state index in [1.165, 1.54) is 5.56 Å². The Labute approximate surface area is 117 Å². The first-order valence-corrected chi connectivity index (χ1v) is 6.44. The lowest BCUT2D eigenvalue weighted by Gasteiger charge is -2.09. The number of anilines is 1. The van der Waals surface area contributed by atoms with Gasteiger partial charge in [0, 0.05) is 30.7 Å². The Morgan fingerprint density at radius 3 is 2.70 bits per heavy atom. The van der Waals surface area contributed by atoms with Crippen LogP contribution in [-0.4, -0.2) is 19.5 Å². The molecule has 0 aliphatic heterocycles. The number of nitrogens with zero attached hydrogens (tertiary/aromatic N) is 4. The monoisotopic (exact) mass is 265 g/mol. The van der Waals surface area contributed by atoms with Crippen LogP contribution < -0.4 is 5.73 Å². The second-order valence-electron chi connectivity index (χ2n) is 4.51. The van der Waals surface area contributed by atoms with Crippen LogP contribution in [0, 0.1) is 0 Å². The molecule has 0 fully saturated rings. The average molecular weight is 265 g/mol. The van der Waals surface area contributed by atoms with Gasteiger partial charge in [0.05, 0.1) is 18.2 Å². The van der Waals surface area contributed by atoms with E-state index in [1.807, 2.05) is 49.2 Å². The summed E-state index contributed by atoms with van der Waals surface area (Å²) >= 11 is 0. The summed E-state index contributed by atoms with van der Waals surface area (Å²) in [6.45, 7) is 0.841. The standard InChI is InChI=1S/C15H15N5/c16-15-13(2-1-6-19-15)14-10-18-11-20(14)9-5-12-3-7-17-8-4-12/h1-4,6-8,10-11H,5,9H2,(H2,16,19). The third-order valence-corrected chi connectivity index (χ3v) is 3.22. The fraction of sp³-hybridized carbons (Fsp3) is 0.133. The van der Waals surface area contributed by atoms with E-state index in [1.54, 1.807) is 6.20 Å². The van der Waals surface area contributed by atoms with Gasteiger partial charge in [-0.1, -0.05) is 0 Å². The number of nitrogen functional groups attached to an aromatic ring is 1. The Morgan fingerprint density at radius 2 is 1.90 bits per heavy atom. The van der Waals surface area contributed by atoms with E-state index >= 15 is 0 Å². The molecule has 0 aromatic carbocycles. The highest BCUT2D eigenvalue weighted by atomic mass is 15.0. The Kier molecular flexibility index (Phi) is 3.41. The van der Waals surface area contributed by atoms with Gasteiger partial charge >= 0.3 is 0 Å². The van der Waals surface area contributed by atoms with Gasteiger partial charge in [-0.05, 0) is 36.2 Å². The Hall–Kier alpha value is -2.69. The minimum absolute atomic E-state index is 0.526. The molecule has 100 valence electrons. The molecule has 0 aliphatic carbocycles. The number of aryl methyl sites for hydroxylation is 2. The van der Waals surface area contributed by atoms with Crippen molar-refractivity contribution in [1.29, 1.82) is 0 Å². The lowest BCUT2D eigenvalue weighted by molar-refractivity contribution is 0.701. The fourth-order valence-corrected chi connectivity index (χ4v) is 2.16. The highest BCUT2D eigenvalue weighted by molar-refractivity contribution is 5.70. The molecule has 3 heterocycles. The van der Waals surface area contributed by atoms with Crippen molar-refractivity contribution < 1.29 is 0 Å². The summed E-state index contributed by atoms with van der Waals surface area (Å²) in [5, 5.41) is 0. The van der Waals surface area contributed by atoms with E-state index in [9.17, 15) is 0 Å². The smallest absolute Gasteiger partial charge is 0.132 e. The van der Waals surface area contributed by atoms with Crippen molar-refractivity contribution in [3.05, 3.63) is 60.9 Å². The van der Waals surface area contributed by atoms with Gasteiger partial charge < -0.3 is 10.3 Å². The SMILES string of the molecule is Nc1ncccc1-c1cncn1CCc1ccncc1. The molecule has 0 aliphatic rings. The maximum Gasteiger partial charge on any atom is 0.132 e. The zero-order valence-electron chi connectivity index (χ0n) is 11.0. The van der Waals surface area contributed by atoms with Crippen LogP contribution in [0.25, 0.3) is 11.3 Å². The van der Waals surface area contributed by atoms with Gasteiger partial charge in [-0.15, -0.1) is 0 Å². The number of aromatic nitrogens is 4. The molecule has 3 aromatic rings. The van der Waals surface area contributed by atoms with Crippen LogP contribution in [-0.2, 0) is 13.0 Å². The lowest BCUT2D eigenvalue weighted by atomic mass is 10.1. The van der Waals surface area contributed by atoms with E-state index in [4.69, 9.17) is 5.73 Å². The minimum atomic E-state index is 0.526. The molecule has 0 saturated carbocycles. The fourth-order valence-electron chi connectivity index (χ4n) is 2.16. The Balaban J connectivity index is 1.83. The predicted octanol–water partition coefficient (Wildman–Crippen LogP) is 2.17. The van der Waals surface area contributed by atoms with Gasteiger partial charge in [-0.2, -0.15) is 0 Å². The summed E-state index contributed by atoms with van der Waals surface area (Å²) in [4.78, 5) is 12.4. The van der Waals surface area contributed by atoms with Crippen molar-refractivity contribution in [3.8, 4) is 11.3 Å². The first kappa shape index (κ1) is 12.3. The van der Waals surface area contributed by atoms with Crippen molar-refractivity contribution in [2.45, 2.75) is 13.0 Å². The number of hydrogen-bond acceptors (Lipinski definition) is 4. The molecule has 3 aromatic heterocycles. The van der Waals surface area contributed by atoms with Crippen LogP contribution in [0.2, 0.25) is 0 Å². The molecule has 0 atom stereocenters. The normalized spacial score (nSPS) is 10.6. The largest absolute Gasteiger partial charge is 0.383 e. The highest BCUT2D eigenvalue weighted by Crippen LogP contribution is 2.23. The van der Waals surface area contributed by atoms with Gasteiger partial charge in [-0.3, -0.25) is 4.98 Å². The van der Waals surface area contributed by atoms with Crippen LogP contribution in [0.3, 0.4) is 0 Å². The molecule has 0 amide bonds. The van der Waals surface area contributed by atoms with Crippen molar-refractivity contribution in [1.82, 2.24) is 19.5 Å². The van der Waals surface area contributed by atoms with Gasteiger partial charge in [-0.25, -0.2) is 9.97 Å². The van der Waals surface area contributed by atoms with Crippen molar-refractivity contribution >= 4 is 5.82 Å². The lowest BCUT2D eigenvalue weighted by Crippen LogP contribution is -2.03. The molecular weight excluding hydrogens is 250 g/mol. The number of rotatable bonds is 4. The van der Waals surface area contributed by atoms with E-state index in [0.29, 0.717) is 5.82 Å². The maximum atomic E-state index is 5.93. The summed E-state index contributed by atoms with van der Waals surface area (Å²) < 4.78 is 2.09. The van der Waals surface area contributed by atoms with Crippen LogP contribution in [0.4, 0.5) is 5.82 Å². The molecule has 0 unspecified atom stereocenters. The van der Waals surface area contributed by atoms with E-state index < -0.39 is 0 Å². The summed E-state index contributed by atoms with van der Waals surface area (Å²) in [6, 6.07) is 7.89. The number of imidazole rings is 1. The van der Waals surface area contributed by atoms with Crippen LogP contribution in [0.5, 0.6) is 0 Å². The zero-order valence-corrected chi connectivity index (χ0v) is 11.0. The average Bonchev–Trinajstić information content (AvgIpc) is 2.95. The number of hydrogen-bond donors (Lipinski definition) is 1. The molecule has 0 spiro atoms. The minimum Gasteiger partial charge on any atom is -0.383 e. The van der Waals surface area contributed by atoms with Gasteiger partial charge in [0.25, 0.3) is 0 Å². The third-order valence-electron chi connectivity index (χ3n) is 3.22. The van der Waals surface area contributed by atoms with Crippen LogP contribution >= 0.6 is 0 Å². The number of pyridine rings is 2. The number of nitrogens with two attached hydrogens (primary N) is 1. The quantitative estimate of drug-likeness (QED) is 0.784. The summed E-state index contributed by atoms with van der Waals surface area (Å²) in [6.07, 6.45) is 9.87. The Morgan fingerprint density at radius 1 is 1.05 bits per heavy atom. The summed E-state index contributed by atoms with van der Waals surface area (Å²) in [5.74, 6) is 0.526. The van der Waals surface area contributed by atoms with Crippen molar-refractivity contribution in [2.75, 3.05) is 5.73 Å². The van der Waals surface area contributed by atoms with Crippen molar-refractivity contribution in [3.63, 3.8) is 0 Å². The first-order chi connectivity index (χ1) is 9.84. The second-order valence-corrected chi connectivity index (χ2v) is 4.51. The first-order valence-electron chi connectivity index (χ1n) is 6.44. The molecular formula is C15H15N5. The van der Waals surface area contributed by atoms with Gasteiger partial charge in [0.1, 0.15) is 5.82 Å². The molecule has 2 N–H and O–H groups in total. The predicted molar refractivity (Wildman–Crippen MR) is 77.8 cm³/mol. The van der Waals surface area contributed by atoms with Gasteiger partial charge in [0.15, 0.2) is 0 Å². The van der Waals surface area contributed by atoms with E-state index in [-0.39, 0.29) is 0 Å². The summed E-state index contributed by atoms with van der Waals surface area (Å²) in [5.41, 5.74) is 9.08.